The van der Waals surface area contributed by atoms with Crippen molar-refractivity contribution in [3.63, 3.8) is 0 Å². The maximum absolute atomic E-state index is 11.8. The van der Waals surface area contributed by atoms with Gasteiger partial charge in [-0.2, -0.15) is 0 Å². The molecule has 1 heterocycles. The second-order valence-electron chi connectivity index (χ2n) is 3.32. The number of amides is 2. The third-order valence-corrected chi connectivity index (χ3v) is 1.85. The third-order valence-electron chi connectivity index (χ3n) is 1.85. The number of carbonyl (C=O) groups excluding carboxylic acids is 2. The second-order valence-corrected chi connectivity index (χ2v) is 3.32. The molecule has 0 saturated heterocycles. The molecule has 9 heteroatoms. The van der Waals surface area contributed by atoms with Crippen molar-refractivity contribution in [3.05, 3.63) is 28.4 Å². The van der Waals surface area contributed by atoms with Gasteiger partial charge in [-0.05, 0) is 0 Å². The predicted molar refractivity (Wildman–Crippen MR) is 57.6 cm³/mol. The van der Waals surface area contributed by atoms with Crippen LogP contribution in [-0.4, -0.2) is 50.8 Å². The standard InChI is InChI=1S/C9H10N4O5/c10-6(14)3-13(4-8(16)17)9(18)5-1-12-7(15)2-11-5/h1-2H,3-4H2,(H2,10,14)(H,12,15)(H,16,17). The van der Waals surface area contributed by atoms with Gasteiger partial charge < -0.3 is 20.7 Å². The lowest BCUT2D eigenvalue weighted by molar-refractivity contribution is -0.138. The molecule has 0 aliphatic rings. The number of nitrogens with one attached hydrogen (secondary N) is 1. The SMILES string of the molecule is NC(=O)CN(CC(=O)O)C(=O)c1c[nH]c(=O)cn1. The van der Waals surface area contributed by atoms with Crippen LogP contribution in [0.4, 0.5) is 0 Å². The summed E-state index contributed by atoms with van der Waals surface area (Å²) in [5, 5.41) is 8.61. The van der Waals surface area contributed by atoms with Crippen LogP contribution in [0.3, 0.4) is 0 Å². The molecular weight excluding hydrogens is 244 g/mol. The van der Waals surface area contributed by atoms with Crippen LogP contribution in [0.5, 0.6) is 0 Å². The van der Waals surface area contributed by atoms with Gasteiger partial charge in [-0.15, -0.1) is 0 Å². The molecule has 1 rings (SSSR count). The molecule has 0 saturated carbocycles. The van der Waals surface area contributed by atoms with Crippen molar-refractivity contribution in [1.82, 2.24) is 14.9 Å². The number of hydrogen-bond donors (Lipinski definition) is 3. The average Bonchev–Trinajstić information content (AvgIpc) is 2.27. The van der Waals surface area contributed by atoms with Crippen molar-refractivity contribution >= 4 is 17.8 Å². The second kappa shape index (κ2) is 5.57. The van der Waals surface area contributed by atoms with E-state index in [0.717, 1.165) is 12.4 Å². The van der Waals surface area contributed by atoms with E-state index in [9.17, 15) is 19.2 Å². The molecule has 0 unspecified atom stereocenters. The Labute approximate surface area is 100 Å². The molecular formula is C9H10N4O5. The highest BCUT2D eigenvalue weighted by atomic mass is 16.4. The van der Waals surface area contributed by atoms with Gasteiger partial charge >= 0.3 is 5.97 Å². The van der Waals surface area contributed by atoms with Crippen LogP contribution >= 0.6 is 0 Å². The first-order valence-corrected chi connectivity index (χ1v) is 4.74. The first kappa shape index (κ1) is 13.4. The van der Waals surface area contributed by atoms with Crippen LogP contribution in [0.1, 0.15) is 10.5 Å². The van der Waals surface area contributed by atoms with Gasteiger partial charge in [-0.1, -0.05) is 0 Å². The Morgan fingerprint density at radius 2 is 2.06 bits per heavy atom. The zero-order chi connectivity index (χ0) is 13.7. The lowest BCUT2D eigenvalue weighted by atomic mass is 10.3. The molecule has 9 nitrogen and oxygen atoms in total. The summed E-state index contributed by atoms with van der Waals surface area (Å²) in [5.74, 6) is -2.96. The molecule has 0 aromatic carbocycles. The van der Waals surface area contributed by atoms with E-state index in [1.54, 1.807) is 0 Å². The first-order valence-electron chi connectivity index (χ1n) is 4.74. The topological polar surface area (TPSA) is 146 Å². The minimum absolute atomic E-state index is 0.183. The summed E-state index contributed by atoms with van der Waals surface area (Å²) in [6, 6.07) is 0. The van der Waals surface area contributed by atoms with Crippen LogP contribution in [0.2, 0.25) is 0 Å². The van der Waals surface area contributed by atoms with Crippen molar-refractivity contribution in [2.75, 3.05) is 13.1 Å². The minimum Gasteiger partial charge on any atom is -0.480 e. The maximum Gasteiger partial charge on any atom is 0.323 e. The number of primary amides is 1. The van der Waals surface area contributed by atoms with Gasteiger partial charge in [0.1, 0.15) is 18.8 Å². The number of rotatable bonds is 5. The number of nitrogens with two attached hydrogens (primary N) is 1. The van der Waals surface area contributed by atoms with E-state index in [1.807, 2.05) is 0 Å². The van der Waals surface area contributed by atoms with Gasteiger partial charge in [0.05, 0.1) is 6.20 Å². The number of aromatic nitrogens is 2. The predicted octanol–water partition coefficient (Wildman–Crippen LogP) is -2.22. The molecule has 4 N–H and O–H groups in total. The molecule has 18 heavy (non-hydrogen) atoms. The Morgan fingerprint density at radius 3 is 2.50 bits per heavy atom. The summed E-state index contributed by atoms with van der Waals surface area (Å²) >= 11 is 0. The summed E-state index contributed by atoms with van der Waals surface area (Å²) in [6.45, 7) is -1.24. The van der Waals surface area contributed by atoms with E-state index >= 15 is 0 Å². The lowest BCUT2D eigenvalue weighted by Crippen LogP contribution is -2.42. The van der Waals surface area contributed by atoms with E-state index < -0.39 is 36.4 Å². The fraction of sp³-hybridized carbons (Fsp3) is 0.222. The number of carboxylic acids is 1. The van der Waals surface area contributed by atoms with Crippen molar-refractivity contribution in [1.29, 1.82) is 0 Å². The molecule has 0 bridgehead atoms. The molecule has 96 valence electrons. The number of aliphatic carboxylic acids is 1. The summed E-state index contributed by atoms with van der Waals surface area (Å²) in [5.41, 5.74) is 4.21. The van der Waals surface area contributed by atoms with Crippen molar-refractivity contribution < 1.29 is 19.5 Å². The maximum atomic E-state index is 11.8. The largest absolute Gasteiger partial charge is 0.480 e. The summed E-state index contributed by atoms with van der Waals surface area (Å²) in [7, 11) is 0. The third kappa shape index (κ3) is 3.70. The normalized spacial score (nSPS) is 9.78. The number of carboxylic acid groups (broad SMARTS) is 1. The van der Waals surface area contributed by atoms with Crippen LogP contribution in [0.25, 0.3) is 0 Å². The Morgan fingerprint density at radius 1 is 1.39 bits per heavy atom. The van der Waals surface area contributed by atoms with E-state index in [4.69, 9.17) is 10.8 Å². The molecule has 0 spiro atoms. The van der Waals surface area contributed by atoms with Crippen molar-refractivity contribution in [3.8, 4) is 0 Å². The van der Waals surface area contributed by atoms with E-state index in [0.29, 0.717) is 4.90 Å². The van der Waals surface area contributed by atoms with Gasteiger partial charge in [-0.3, -0.25) is 19.2 Å². The monoisotopic (exact) mass is 254 g/mol. The first-order chi connectivity index (χ1) is 8.40. The minimum atomic E-state index is -1.30. The molecule has 0 fully saturated rings. The van der Waals surface area contributed by atoms with E-state index in [1.165, 1.54) is 0 Å². The van der Waals surface area contributed by atoms with E-state index in [2.05, 4.69) is 9.97 Å². The highest BCUT2D eigenvalue weighted by Crippen LogP contribution is 1.98. The molecule has 0 aliphatic carbocycles. The number of carbonyl (C=O) groups is 3. The Hall–Kier alpha value is -2.71. The fourth-order valence-electron chi connectivity index (χ4n) is 1.17. The smallest absolute Gasteiger partial charge is 0.323 e. The van der Waals surface area contributed by atoms with Crippen molar-refractivity contribution in [2.24, 2.45) is 5.73 Å². The molecule has 0 radical (unpaired) electrons. The highest BCUT2D eigenvalue weighted by molar-refractivity contribution is 5.96. The van der Waals surface area contributed by atoms with Crippen LogP contribution in [-0.2, 0) is 9.59 Å². The molecule has 1 aromatic rings. The van der Waals surface area contributed by atoms with Gasteiger partial charge in [0.2, 0.25) is 5.91 Å². The number of nitrogens with zero attached hydrogens (tertiary/aromatic N) is 2. The molecule has 0 aliphatic heterocycles. The fourth-order valence-corrected chi connectivity index (χ4v) is 1.17. The van der Waals surface area contributed by atoms with Gasteiger partial charge in [-0.25, -0.2) is 4.98 Å². The van der Waals surface area contributed by atoms with Crippen LogP contribution in [0.15, 0.2) is 17.2 Å². The highest BCUT2D eigenvalue weighted by Gasteiger charge is 2.21. The average molecular weight is 254 g/mol. The van der Waals surface area contributed by atoms with Crippen LogP contribution < -0.4 is 11.3 Å². The Kier molecular flexibility index (Phi) is 4.13. The zero-order valence-electron chi connectivity index (χ0n) is 9.12. The van der Waals surface area contributed by atoms with Crippen molar-refractivity contribution in [2.45, 2.75) is 0 Å². The van der Waals surface area contributed by atoms with Crippen LogP contribution in [0, 0.1) is 0 Å². The summed E-state index contributed by atoms with van der Waals surface area (Å²) in [4.78, 5) is 50.3. The molecule has 2 amide bonds. The number of hydrogen-bond acceptors (Lipinski definition) is 5. The number of H-pyrrole nitrogens is 1. The quantitative estimate of drug-likeness (QED) is 0.542. The van der Waals surface area contributed by atoms with Gasteiger partial charge in [0.25, 0.3) is 11.5 Å². The van der Waals surface area contributed by atoms with E-state index in [-0.39, 0.29) is 5.69 Å². The Bertz CT molecular complexity index is 502. The molecule has 1 aromatic heterocycles. The summed E-state index contributed by atoms with van der Waals surface area (Å²) < 4.78 is 0. The Balaban J connectivity index is 2.93. The van der Waals surface area contributed by atoms with Gasteiger partial charge in [0.15, 0.2) is 0 Å². The lowest BCUT2D eigenvalue weighted by Gasteiger charge is -2.17. The number of aromatic amines is 1. The van der Waals surface area contributed by atoms with Gasteiger partial charge in [0, 0.05) is 6.20 Å². The zero-order valence-corrected chi connectivity index (χ0v) is 9.12. The summed E-state index contributed by atoms with van der Waals surface area (Å²) in [6.07, 6.45) is 1.90. The molecule has 0 atom stereocenters.